The Morgan fingerprint density at radius 1 is 0.818 bits per heavy atom. The zero-order valence-electron chi connectivity index (χ0n) is 13.2. The van der Waals surface area contributed by atoms with E-state index >= 15 is 0 Å². The second kappa shape index (κ2) is 8.82. The fourth-order valence-corrected chi connectivity index (χ4v) is 1.54. The smallest absolute Gasteiger partial charge is 0.338 e. The molecule has 4 heteroatoms. The maximum absolute atomic E-state index is 11.8. The van der Waals surface area contributed by atoms with Gasteiger partial charge in [-0.3, -0.25) is 0 Å². The average Bonchev–Trinajstić information content (AvgIpc) is 2.46. The summed E-state index contributed by atoms with van der Waals surface area (Å²) in [5.74, 6) is -0.827. The van der Waals surface area contributed by atoms with Crippen molar-refractivity contribution in [1.82, 2.24) is 0 Å². The Morgan fingerprint density at radius 3 is 1.41 bits per heavy atom. The molecule has 0 saturated heterocycles. The van der Waals surface area contributed by atoms with Gasteiger partial charge in [0.25, 0.3) is 0 Å². The van der Waals surface area contributed by atoms with Gasteiger partial charge in [-0.05, 0) is 38.1 Å². The van der Waals surface area contributed by atoms with Crippen molar-refractivity contribution >= 4 is 11.9 Å². The predicted octanol–water partition coefficient (Wildman–Crippen LogP) is 3.93. The Balaban J connectivity index is 2.51. The van der Waals surface area contributed by atoms with Gasteiger partial charge in [-0.15, -0.1) is 13.2 Å². The quantitative estimate of drug-likeness (QED) is 0.539. The summed E-state index contributed by atoms with van der Waals surface area (Å²) in [6.07, 6.45) is 1.28. The highest BCUT2D eigenvalue weighted by atomic mass is 16.5. The van der Waals surface area contributed by atoms with Gasteiger partial charge in [0.05, 0.1) is 24.3 Å². The van der Waals surface area contributed by atoms with Gasteiger partial charge in [-0.25, -0.2) is 9.59 Å². The summed E-state index contributed by atoms with van der Waals surface area (Å²) in [6, 6.07) is 6.22. The van der Waals surface area contributed by atoms with Crippen LogP contribution < -0.4 is 0 Å². The number of carbonyl (C=O) groups excluding carboxylic acids is 2. The average molecular weight is 302 g/mol. The molecule has 0 aliphatic heterocycles. The molecule has 0 N–H and O–H groups in total. The van der Waals surface area contributed by atoms with Gasteiger partial charge >= 0.3 is 11.9 Å². The molecule has 118 valence electrons. The van der Waals surface area contributed by atoms with Gasteiger partial charge in [0.2, 0.25) is 0 Å². The van der Waals surface area contributed by atoms with E-state index in [-0.39, 0.29) is 0 Å². The van der Waals surface area contributed by atoms with Crippen LogP contribution in [0.25, 0.3) is 0 Å². The summed E-state index contributed by atoms with van der Waals surface area (Å²) in [6.45, 7) is 11.8. The first-order chi connectivity index (χ1) is 10.4. The zero-order chi connectivity index (χ0) is 16.5. The lowest BCUT2D eigenvalue weighted by molar-refractivity contribution is 0.0494. The van der Waals surface area contributed by atoms with E-state index < -0.39 is 11.9 Å². The van der Waals surface area contributed by atoms with Crippen LogP contribution in [0.4, 0.5) is 0 Å². The topological polar surface area (TPSA) is 52.6 Å². The predicted molar refractivity (Wildman–Crippen MR) is 85.9 cm³/mol. The molecule has 4 nitrogen and oxygen atoms in total. The number of ether oxygens (including phenoxy) is 2. The van der Waals surface area contributed by atoms with Crippen molar-refractivity contribution in [1.29, 1.82) is 0 Å². The van der Waals surface area contributed by atoms with Crippen molar-refractivity contribution in [2.24, 2.45) is 0 Å². The Labute approximate surface area is 131 Å². The van der Waals surface area contributed by atoms with E-state index in [0.717, 1.165) is 11.1 Å². The van der Waals surface area contributed by atoms with Crippen LogP contribution in [-0.2, 0) is 9.47 Å². The number of benzene rings is 1. The molecule has 0 spiro atoms. The van der Waals surface area contributed by atoms with Gasteiger partial charge in [0.15, 0.2) is 0 Å². The van der Waals surface area contributed by atoms with Crippen LogP contribution in [-0.4, -0.2) is 25.2 Å². The number of carbonyl (C=O) groups is 2. The van der Waals surface area contributed by atoms with Gasteiger partial charge in [0, 0.05) is 12.8 Å². The summed E-state index contributed by atoms with van der Waals surface area (Å²) >= 11 is 0. The second-order valence-electron chi connectivity index (χ2n) is 5.26. The second-order valence-corrected chi connectivity index (χ2v) is 5.26. The normalized spacial score (nSPS) is 9.91. The van der Waals surface area contributed by atoms with Crippen LogP contribution >= 0.6 is 0 Å². The van der Waals surface area contributed by atoms with Crippen molar-refractivity contribution in [3.63, 3.8) is 0 Å². The fourth-order valence-electron chi connectivity index (χ4n) is 1.54. The minimum absolute atomic E-state index is 0.304. The largest absolute Gasteiger partial charge is 0.462 e. The maximum atomic E-state index is 11.8. The van der Waals surface area contributed by atoms with Gasteiger partial charge < -0.3 is 9.47 Å². The van der Waals surface area contributed by atoms with Crippen molar-refractivity contribution in [3.8, 4) is 0 Å². The minimum atomic E-state index is -0.413. The molecule has 0 saturated carbocycles. The molecule has 22 heavy (non-hydrogen) atoms. The Hall–Kier alpha value is -2.36. The first-order valence-electron chi connectivity index (χ1n) is 7.13. The lowest BCUT2D eigenvalue weighted by Gasteiger charge is -2.06. The highest BCUT2D eigenvalue weighted by Gasteiger charge is 2.10. The van der Waals surface area contributed by atoms with E-state index in [1.807, 2.05) is 13.8 Å². The molecule has 0 aromatic heterocycles. The van der Waals surface area contributed by atoms with E-state index in [0.29, 0.717) is 37.2 Å². The molecule has 0 fully saturated rings. The van der Waals surface area contributed by atoms with Crippen LogP contribution in [0.1, 0.15) is 47.4 Å². The third-order valence-corrected chi connectivity index (χ3v) is 2.88. The van der Waals surface area contributed by atoms with E-state index in [2.05, 4.69) is 13.2 Å². The Morgan fingerprint density at radius 2 is 1.14 bits per heavy atom. The number of rotatable bonds is 8. The van der Waals surface area contributed by atoms with E-state index in [9.17, 15) is 9.59 Å². The number of esters is 2. The molecular weight excluding hydrogens is 280 g/mol. The zero-order valence-corrected chi connectivity index (χ0v) is 13.2. The molecule has 0 aliphatic rings. The van der Waals surface area contributed by atoms with Gasteiger partial charge in [0.1, 0.15) is 0 Å². The Bertz CT molecular complexity index is 504. The van der Waals surface area contributed by atoms with E-state index in [1.54, 1.807) is 24.3 Å². The molecule has 0 aliphatic carbocycles. The van der Waals surface area contributed by atoms with Crippen LogP contribution in [0.2, 0.25) is 0 Å². The van der Waals surface area contributed by atoms with Crippen molar-refractivity contribution in [2.75, 3.05) is 13.2 Å². The third kappa shape index (κ3) is 6.39. The molecule has 1 aromatic rings. The molecule has 0 amide bonds. The highest BCUT2D eigenvalue weighted by molar-refractivity contribution is 5.93. The first kappa shape index (κ1) is 17.7. The molecule has 1 aromatic carbocycles. The molecule has 1 rings (SSSR count). The summed E-state index contributed by atoms with van der Waals surface area (Å²) in [7, 11) is 0. The van der Waals surface area contributed by atoms with E-state index in [4.69, 9.17) is 9.47 Å². The van der Waals surface area contributed by atoms with Crippen molar-refractivity contribution in [2.45, 2.75) is 26.7 Å². The monoisotopic (exact) mass is 302 g/mol. The number of hydrogen-bond acceptors (Lipinski definition) is 4. The maximum Gasteiger partial charge on any atom is 0.338 e. The fraction of sp³-hybridized carbons (Fsp3) is 0.333. The van der Waals surface area contributed by atoms with Crippen LogP contribution in [0.5, 0.6) is 0 Å². The van der Waals surface area contributed by atoms with Crippen LogP contribution in [0.15, 0.2) is 48.6 Å². The first-order valence-corrected chi connectivity index (χ1v) is 7.13. The lowest BCUT2D eigenvalue weighted by Crippen LogP contribution is -2.09. The highest BCUT2D eigenvalue weighted by Crippen LogP contribution is 2.09. The third-order valence-electron chi connectivity index (χ3n) is 2.88. The summed E-state index contributed by atoms with van der Waals surface area (Å²) < 4.78 is 10.2. The van der Waals surface area contributed by atoms with Gasteiger partial charge in [-0.1, -0.05) is 11.1 Å². The molecule has 0 bridgehead atoms. The SMILES string of the molecule is C=C(C)CCOC(=O)c1ccc(C(=O)OCCC(=C)C)cc1. The van der Waals surface area contributed by atoms with E-state index in [1.165, 1.54) is 0 Å². The van der Waals surface area contributed by atoms with Gasteiger partial charge in [-0.2, -0.15) is 0 Å². The molecule has 0 unspecified atom stereocenters. The summed E-state index contributed by atoms with van der Waals surface area (Å²) in [5, 5.41) is 0. The molecule has 0 radical (unpaired) electrons. The summed E-state index contributed by atoms with van der Waals surface area (Å²) in [4.78, 5) is 23.6. The molecular formula is C18H22O4. The van der Waals surface area contributed by atoms with Crippen LogP contribution in [0, 0.1) is 0 Å². The molecule has 0 atom stereocenters. The van der Waals surface area contributed by atoms with Crippen LogP contribution in [0.3, 0.4) is 0 Å². The molecule has 0 heterocycles. The number of hydrogen-bond donors (Lipinski definition) is 0. The standard InChI is InChI=1S/C18H22O4/c1-13(2)9-11-21-17(19)15-5-7-16(8-6-15)18(20)22-12-10-14(3)4/h5-8H,1,3,9-12H2,2,4H3. The van der Waals surface area contributed by atoms with Crippen molar-refractivity contribution < 1.29 is 19.1 Å². The lowest BCUT2D eigenvalue weighted by atomic mass is 10.1. The summed E-state index contributed by atoms with van der Waals surface area (Å²) in [5.41, 5.74) is 2.72. The Kier molecular flexibility index (Phi) is 7.09. The minimum Gasteiger partial charge on any atom is -0.462 e. The van der Waals surface area contributed by atoms with Crippen molar-refractivity contribution in [3.05, 3.63) is 59.7 Å².